The van der Waals surface area contributed by atoms with Crippen molar-refractivity contribution in [3.63, 3.8) is 0 Å². The molecule has 1 aliphatic carbocycles. The maximum atomic E-state index is 12.8. The second kappa shape index (κ2) is 7.23. The van der Waals surface area contributed by atoms with Crippen LogP contribution in [0.3, 0.4) is 0 Å². The summed E-state index contributed by atoms with van der Waals surface area (Å²) in [4.78, 5) is 28.8. The lowest BCUT2D eigenvalue weighted by molar-refractivity contribution is -0.134. The predicted molar refractivity (Wildman–Crippen MR) is 122 cm³/mol. The standard InChI is InChI=1S/C23H25N3O5S/c1-25-13-18(16-4-9-24-21(16)22(25)29)17-12-15(32(30,31)14-20(27)28)2-3-19(17)26-10-7-23(5-6-23)8-11-26/h2-4,9,12-13,24H,5-8,10-11,14H2,1H3,(H,27,28)/i1D3. The fourth-order valence-corrected chi connectivity index (χ4v) is 5.77. The largest absolute Gasteiger partial charge is 0.480 e. The summed E-state index contributed by atoms with van der Waals surface area (Å²) >= 11 is 0. The van der Waals surface area contributed by atoms with E-state index in [4.69, 9.17) is 9.22 Å². The Morgan fingerprint density at radius 1 is 1.19 bits per heavy atom. The molecule has 1 aromatic carbocycles. The highest BCUT2D eigenvalue weighted by atomic mass is 32.2. The molecule has 3 aromatic rings. The molecule has 168 valence electrons. The molecule has 2 aromatic heterocycles. The molecule has 3 heterocycles. The third-order valence-electron chi connectivity index (χ3n) is 6.78. The van der Waals surface area contributed by atoms with Gasteiger partial charge in [0.25, 0.3) is 5.56 Å². The molecule has 2 fully saturated rings. The highest BCUT2D eigenvalue weighted by Crippen LogP contribution is 2.54. The number of nitrogens with one attached hydrogen (secondary N) is 1. The summed E-state index contributed by atoms with van der Waals surface area (Å²) in [5, 5.41) is 9.55. The molecule has 9 heteroatoms. The normalized spacial score (nSPS) is 19.5. The first kappa shape index (κ1) is 17.5. The number of piperidine rings is 1. The van der Waals surface area contributed by atoms with Crippen LogP contribution in [0.1, 0.15) is 29.8 Å². The van der Waals surface area contributed by atoms with Gasteiger partial charge in [0.1, 0.15) is 5.52 Å². The number of rotatable bonds is 5. The zero-order valence-corrected chi connectivity index (χ0v) is 18.1. The number of benzene rings is 1. The zero-order chi connectivity index (χ0) is 25.2. The predicted octanol–water partition coefficient (Wildman–Crippen LogP) is 2.77. The van der Waals surface area contributed by atoms with Crippen molar-refractivity contribution in [3.8, 4) is 11.1 Å². The number of aromatic nitrogens is 2. The van der Waals surface area contributed by atoms with E-state index in [-0.39, 0.29) is 10.4 Å². The van der Waals surface area contributed by atoms with Gasteiger partial charge in [-0.1, -0.05) is 0 Å². The van der Waals surface area contributed by atoms with Crippen LogP contribution in [0.5, 0.6) is 0 Å². The average molecular weight is 459 g/mol. The monoisotopic (exact) mass is 458 g/mol. The molecule has 8 nitrogen and oxygen atoms in total. The Bertz CT molecular complexity index is 1490. The highest BCUT2D eigenvalue weighted by molar-refractivity contribution is 7.92. The molecule has 2 N–H and O–H groups in total. The molecular formula is C23H25N3O5S. The van der Waals surface area contributed by atoms with E-state index in [1.165, 1.54) is 37.4 Å². The van der Waals surface area contributed by atoms with Gasteiger partial charge in [-0.25, -0.2) is 8.42 Å². The van der Waals surface area contributed by atoms with Crippen LogP contribution in [0.15, 0.2) is 46.3 Å². The van der Waals surface area contributed by atoms with Crippen molar-refractivity contribution in [2.45, 2.75) is 30.6 Å². The minimum absolute atomic E-state index is 0.0962. The smallest absolute Gasteiger partial charge is 0.319 e. The van der Waals surface area contributed by atoms with Crippen molar-refractivity contribution in [2.24, 2.45) is 12.4 Å². The van der Waals surface area contributed by atoms with Gasteiger partial charge in [0.15, 0.2) is 15.6 Å². The van der Waals surface area contributed by atoms with Gasteiger partial charge in [-0.2, -0.15) is 0 Å². The van der Waals surface area contributed by atoms with Crippen molar-refractivity contribution >= 4 is 32.4 Å². The van der Waals surface area contributed by atoms with Crippen LogP contribution in [0.4, 0.5) is 5.69 Å². The second-order valence-corrected chi connectivity index (χ2v) is 10.8. The van der Waals surface area contributed by atoms with Gasteiger partial charge in [-0.3, -0.25) is 9.59 Å². The number of H-pyrrole nitrogens is 1. The maximum Gasteiger partial charge on any atom is 0.319 e. The van der Waals surface area contributed by atoms with Crippen LogP contribution >= 0.6 is 0 Å². The fraction of sp³-hybridized carbons (Fsp3) is 0.391. The van der Waals surface area contributed by atoms with Crippen molar-refractivity contribution in [1.82, 2.24) is 9.55 Å². The molecule has 1 spiro atoms. The molecule has 1 aliphatic heterocycles. The Morgan fingerprint density at radius 3 is 2.59 bits per heavy atom. The lowest BCUT2D eigenvalue weighted by atomic mass is 9.92. The van der Waals surface area contributed by atoms with Gasteiger partial charge in [0, 0.05) is 58.8 Å². The van der Waals surface area contributed by atoms with Crippen molar-refractivity contribution < 1.29 is 22.4 Å². The van der Waals surface area contributed by atoms with E-state index in [2.05, 4.69) is 9.88 Å². The quantitative estimate of drug-likeness (QED) is 0.608. The van der Waals surface area contributed by atoms with Gasteiger partial charge in [-0.05, 0) is 55.4 Å². The molecule has 32 heavy (non-hydrogen) atoms. The molecule has 0 radical (unpaired) electrons. The first-order valence-corrected chi connectivity index (χ1v) is 12.1. The number of pyridine rings is 1. The van der Waals surface area contributed by atoms with Gasteiger partial charge in [0.2, 0.25) is 0 Å². The fourth-order valence-electron chi connectivity index (χ4n) is 4.71. The Kier molecular flexibility index (Phi) is 3.95. The number of hydrogen-bond acceptors (Lipinski definition) is 5. The molecule has 1 saturated heterocycles. The SMILES string of the molecule is [2H]C([2H])([2H])n1cc(-c2cc(S(=O)(=O)CC(=O)O)ccc2N2CCC3(CC2)CC3)c2cc[nH]c2c1=O. The molecule has 2 aliphatic rings. The van der Waals surface area contributed by atoms with E-state index in [9.17, 15) is 18.0 Å². The first-order valence-electron chi connectivity index (χ1n) is 12.0. The topological polar surface area (TPSA) is 112 Å². The van der Waals surface area contributed by atoms with E-state index in [1.807, 2.05) is 0 Å². The Labute approximate surface area is 189 Å². The molecule has 0 unspecified atom stereocenters. The summed E-state index contributed by atoms with van der Waals surface area (Å²) in [6.45, 7) is -1.21. The second-order valence-electron chi connectivity index (χ2n) is 8.80. The van der Waals surface area contributed by atoms with Gasteiger partial charge >= 0.3 is 5.97 Å². The number of carboxylic acids is 1. The van der Waals surface area contributed by atoms with Crippen LogP contribution in [0.2, 0.25) is 0 Å². The Balaban J connectivity index is 1.73. The van der Waals surface area contributed by atoms with Crippen LogP contribution in [0, 0.1) is 5.41 Å². The number of hydrogen-bond donors (Lipinski definition) is 2. The number of nitrogens with zero attached hydrogens (tertiary/aromatic N) is 2. The molecule has 0 amide bonds. The van der Waals surface area contributed by atoms with Crippen molar-refractivity contribution in [1.29, 1.82) is 0 Å². The van der Waals surface area contributed by atoms with Gasteiger partial charge in [-0.15, -0.1) is 0 Å². The van der Waals surface area contributed by atoms with Gasteiger partial charge in [0.05, 0.1) is 4.90 Å². The van der Waals surface area contributed by atoms with Crippen LogP contribution in [0.25, 0.3) is 22.0 Å². The third-order valence-corrected chi connectivity index (χ3v) is 8.38. The number of sulfone groups is 1. The van der Waals surface area contributed by atoms with E-state index in [1.54, 1.807) is 12.1 Å². The van der Waals surface area contributed by atoms with Crippen LogP contribution < -0.4 is 10.5 Å². The molecule has 5 rings (SSSR count). The summed E-state index contributed by atoms with van der Waals surface area (Å²) in [6.07, 6.45) is 7.23. The number of anilines is 1. The minimum Gasteiger partial charge on any atom is -0.480 e. The van der Waals surface area contributed by atoms with E-state index in [0.29, 0.717) is 32.2 Å². The summed E-state index contributed by atoms with van der Waals surface area (Å²) in [6, 6.07) is 6.09. The lowest BCUT2D eigenvalue weighted by Crippen LogP contribution is -2.34. The summed E-state index contributed by atoms with van der Waals surface area (Å²) in [7, 11) is -4.14. The number of carbonyl (C=O) groups is 1. The van der Waals surface area contributed by atoms with Crippen molar-refractivity contribution in [2.75, 3.05) is 23.7 Å². The van der Waals surface area contributed by atoms with E-state index in [0.717, 1.165) is 25.9 Å². The van der Waals surface area contributed by atoms with Crippen LogP contribution in [-0.2, 0) is 21.6 Å². The highest BCUT2D eigenvalue weighted by Gasteiger charge is 2.44. The molecular weight excluding hydrogens is 430 g/mol. The number of carboxylic acid groups (broad SMARTS) is 1. The molecule has 0 bridgehead atoms. The summed E-state index contributed by atoms with van der Waals surface area (Å²) in [5.41, 5.74) is 1.33. The average Bonchev–Trinajstić information content (AvgIpc) is 3.33. The third kappa shape index (κ3) is 3.50. The number of aromatic amines is 1. The van der Waals surface area contributed by atoms with Crippen LogP contribution in [-0.4, -0.2) is 47.9 Å². The van der Waals surface area contributed by atoms with E-state index < -0.39 is 34.1 Å². The molecule has 1 saturated carbocycles. The zero-order valence-electron chi connectivity index (χ0n) is 20.3. The van der Waals surface area contributed by atoms with E-state index >= 15 is 0 Å². The minimum atomic E-state index is -4.14. The Morgan fingerprint density at radius 2 is 1.94 bits per heavy atom. The number of fused-ring (bicyclic) bond motifs is 1. The summed E-state index contributed by atoms with van der Waals surface area (Å²) < 4.78 is 49.7. The summed E-state index contributed by atoms with van der Waals surface area (Å²) in [5.74, 6) is -2.53. The van der Waals surface area contributed by atoms with Gasteiger partial charge < -0.3 is 19.6 Å². The maximum absolute atomic E-state index is 12.8. The Hall–Kier alpha value is -3.07. The van der Waals surface area contributed by atoms with Crippen molar-refractivity contribution in [3.05, 3.63) is 47.0 Å². The lowest BCUT2D eigenvalue weighted by Gasteiger charge is -2.35. The molecule has 0 atom stereocenters. The first-order chi connectivity index (χ1) is 16.4. The number of aryl methyl sites for hydroxylation is 1. The number of aliphatic carboxylic acids is 1.